The summed E-state index contributed by atoms with van der Waals surface area (Å²) in [6, 6.07) is -0.678. The van der Waals surface area contributed by atoms with E-state index in [1.165, 1.54) is 0 Å². The summed E-state index contributed by atoms with van der Waals surface area (Å²) in [7, 11) is 0. The lowest BCUT2D eigenvalue weighted by Crippen LogP contribution is -2.54. The normalized spacial score (nSPS) is 30.4. The molecule has 0 aromatic heterocycles. The third-order valence-corrected chi connectivity index (χ3v) is 6.28. The summed E-state index contributed by atoms with van der Waals surface area (Å²) in [6.07, 6.45) is 2.90. The Morgan fingerprint density at radius 3 is 2.67 bits per heavy atom. The van der Waals surface area contributed by atoms with Crippen molar-refractivity contribution in [3.8, 4) is 0 Å². The predicted molar refractivity (Wildman–Crippen MR) is 84.2 cm³/mol. The Morgan fingerprint density at radius 1 is 1.43 bits per heavy atom. The van der Waals surface area contributed by atoms with Gasteiger partial charge in [0, 0.05) is 11.2 Å². The number of nitrogens with one attached hydrogen (secondary N) is 1. The van der Waals surface area contributed by atoms with E-state index in [0.717, 1.165) is 32.4 Å². The van der Waals surface area contributed by atoms with E-state index in [2.05, 4.69) is 5.32 Å². The molecule has 21 heavy (non-hydrogen) atoms. The molecule has 3 unspecified atom stereocenters. The van der Waals surface area contributed by atoms with Gasteiger partial charge in [0.15, 0.2) is 0 Å². The van der Waals surface area contributed by atoms with Crippen LogP contribution >= 0.6 is 11.8 Å². The Balaban J connectivity index is 2.20. The number of rotatable bonds is 4. The largest absolute Gasteiger partial charge is 0.480 e. The molecule has 0 aliphatic carbocycles. The molecular formula is C15H26N2O3S. The number of carboxylic acid groups (broad SMARTS) is 1. The summed E-state index contributed by atoms with van der Waals surface area (Å²) in [5.41, 5.74) is -0.514. The van der Waals surface area contributed by atoms with Crippen molar-refractivity contribution in [3.05, 3.63) is 0 Å². The molecule has 0 radical (unpaired) electrons. The van der Waals surface area contributed by atoms with Crippen LogP contribution in [0.2, 0.25) is 0 Å². The van der Waals surface area contributed by atoms with Crippen molar-refractivity contribution in [2.45, 2.75) is 51.4 Å². The molecule has 0 aromatic carbocycles. The lowest BCUT2D eigenvalue weighted by Gasteiger charge is -2.40. The van der Waals surface area contributed by atoms with Crippen molar-refractivity contribution in [2.75, 3.05) is 18.8 Å². The van der Waals surface area contributed by atoms with Crippen LogP contribution in [-0.2, 0) is 9.59 Å². The van der Waals surface area contributed by atoms with Gasteiger partial charge < -0.3 is 15.3 Å². The second kappa shape index (κ2) is 6.57. The number of hydrogen-bond donors (Lipinski definition) is 2. The van der Waals surface area contributed by atoms with E-state index in [-0.39, 0.29) is 17.2 Å². The fourth-order valence-electron chi connectivity index (χ4n) is 3.32. The van der Waals surface area contributed by atoms with Crippen LogP contribution in [0.25, 0.3) is 0 Å². The first-order chi connectivity index (χ1) is 9.89. The molecule has 2 rings (SSSR count). The number of hydrogen-bond acceptors (Lipinski definition) is 4. The van der Waals surface area contributed by atoms with E-state index in [1.807, 2.05) is 20.8 Å². The fraction of sp³-hybridized carbons (Fsp3) is 0.867. The van der Waals surface area contributed by atoms with E-state index >= 15 is 0 Å². The van der Waals surface area contributed by atoms with E-state index in [4.69, 9.17) is 0 Å². The van der Waals surface area contributed by atoms with Crippen molar-refractivity contribution < 1.29 is 14.7 Å². The van der Waals surface area contributed by atoms with E-state index < -0.39 is 17.4 Å². The van der Waals surface area contributed by atoms with Gasteiger partial charge in [0.1, 0.15) is 6.04 Å². The number of carboxylic acids is 1. The summed E-state index contributed by atoms with van der Waals surface area (Å²) < 4.78 is 0. The molecule has 5 nitrogen and oxygen atoms in total. The van der Waals surface area contributed by atoms with Gasteiger partial charge in [0.25, 0.3) is 0 Å². The molecule has 1 amide bonds. The van der Waals surface area contributed by atoms with Crippen LogP contribution in [0.1, 0.15) is 40.0 Å². The van der Waals surface area contributed by atoms with Crippen LogP contribution in [0, 0.1) is 11.3 Å². The second-order valence-corrected chi connectivity index (χ2v) is 7.74. The van der Waals surface area contributed by atoms with Crippen LogP contribution in [0.5, 0.6) is 0 Å². The van der Waals surface area contributed by atoms with Gasteiger partial charge in [-0.3, -0.25) is 4.79 Å². The van der Waals surface area contributed by atoms with E-state index in [9.17, 15) is 14.7 Å². The molecule has 2 fully saturated rings. The maximum absolute atomic E-state index is 13.1. The number of carbonyl (C=O) groups excluding carboxylic acids is 1. The first kappa shape index (κ1) is 16.6. The number of carbonyl (C=O) groups is 2. The highest BCUT2D eigenvalue weighted by molar-refractivity contribution is 8.00. The molecule has 2 N–H and O–H groups in total. The van der Waals surface area contributed by atoms with Crippen molar-refractivity contribution in [1.82, 2.24) is 10.2 Å². The zero-order chi connectivity index (χ0) is 15.6. The van der Waals surface area contributed by atoms with Crippen molar-refractivity contribution in [1.29, 1.82) is 0 Å². The summed E-state index contributed by atoms with van der Waals surface area (Å²) in [6.45, 7) is 7.81. The molecule has 0 aromatic rings. The Morgan fingerprint density at radius 2 is 2.14 bits per heavy atom. The SMILES string of the molecule is CCC1SCC(C(=O)O)N1C(=O)C(C)(C)C1CCCNC1. The van der Waals surface area contributed by atoms with Gasteiger partial charge in [-0.25, -0.2) is 4.79 Å². The summed E-state index contributed by atoms with van der Waals surface area (Å²) in [5.74, 6) is -0.111. The highest BCUT2D eigenvalue weighted by Crippen LogP contribution is 2.39. The van der Waals surface area contributed by atoms with E-state index in [0.29, 0.717) is 5.75 Å². The standard InChI is InChI=1S/C15H26N2O3S/c1-4-12-17(11(9-21-12)13(18)19)14(20)15(2,3)10-6-5-7-16-8-10/h10-12,16H,4-9H2,1-3H3,(H,18,19). The third-order valence-electron chi connectivity index (χ3n) is 4.83. The predicted octanol–water partition coefficient (Wildman–Crippen LogP) is 1.78. The monoisotopic (exact) mass is 314 g/mol. The molecular weight excluding hydrogens is 288 g/mol. The second-order valence-electron chi connectivity index (χ2n) is 6.53. The number of piperidine rings is 1. The Kier molecular flexibility index (Phi) is 5.20. The molecule has 0 bridgehead atoms. The number of aliphatic carboxylic acids is 1. The van der Waals surface area contributed by atoms with Crippen LogP contribution in [0.4, 0.5) is 0 Å². The lowest BCUT2D eigenvalue weighted by molar-refractivity contribution is -0.155. The van der Waals surface area contributed by atoms with Crippen molar-refractivity contribution >= 4 is 23.6 Å². The Bertz CT molecular complexity index is 408. The van der Waals surface area contributed by atoms with Gasteiger partial charge in [-0.1, -0.05) is 20.8 Å². The zero-order valence-electron chi connectivity index (χ0n) is 13.1. The summed E-state index contributed by atoms with van der Waals surface area (Å²) in [4.78, 5) is 26.2. The minimum Gasteiger partial charge on any atom is -0.480 e. The molecule has 2 heterocycles. The highest BCUT2D eigenvalue weighted by atomic mass is 32.2. The fourth-order valence-corrected chi connectivity index (χ4v) is 4.66. The van der Waals surface area contributed by atoms with Crippen LogP contribution in [0.3, 0.4) is 0 Å². The molecule has 2 aliphatic rings. The summed E-state index contributed by atoms with van der Waals surface area (Å²) >= 11 is 1.59. The Labute approximate surface area is 130 Å². The van der Waals surface area contributed by atoms with Crippen molar-refractivity contribution in [3.63, 3.8) is 0 Å². The molecule has 2 saturated heterocycles. The van der Waals surface area contributed by atoms with E-state index in [1.54, 1.807) is 16.7 Å². The van der Waals surface area contributed by atoms with Gasteiger partial charge in [0.2, 0.25) is 5.91 Å². The van der Waals surface area contributed by atoms with Crippen molar-refractivity contribution in [2.24, 2.45) is 11.3 Å². The third kappa shape index (κ3) is 3.21. The van der Waals surface area contributed by atoms with Gasteiger partial charge in [-0.05, 0) is 38.3 Å². The average Bonchev–Trinajstić information content (AvgIpc) is 2.91. The van der Waals surface area contributed by atoms with Gasteiger partial charge in [0.05, 0.1) is 5.37 Å². The van der Waals surface area contributed by atoms with Crippen LogP contribution < -0.4 is 5.32 Å². The van der Waals surface area contributed by atoms with Gasteiger partial charge in [-0.2, -0.15) is 0 Å². The molecule has 0 saturated carbocycles. The lowest BCUT2D eigenvalue weighted by atomic mass is 9.73. The zero-order valence-corrected chi connectivity index (χ0v) is 13.9. The molecule has 120 valence electrons. The maximum atomic E-state index is 13.1. The maximum Gasteiger partial charge on any atom is 0.327 e. The quantitative estimate of drug-likeness (QED) is 0.828. The number of amides is 1. The highest BCUT2D eigenvalue weighted by Gasteiger charge is 2.48. The average molecular weight is 314 g/mol. The minimum absolute atomic E-state index is 0.000417. The molecule has 6 heteroatoms. The number of thioether (sulfide) groups is 1. The topological polar surface area (TPSA) is 69.6 Å². The smallest absolute Gasteiger partial charge is 0.327 e. The molecule has 3 atom stereocenters. The minimum atomic E-state index is -0.885. The van der Waals surface area contributed by atoms with Gasteiger partial charge in [-0.15, -0.1) is 11.8 Å². The Hall–Kier alpha value is -0.750. The molecule has 0 spiro atoms. The van der Waals surface area contributed by atoms with Crippen LogP contribution in [0.15, 0.2) is 0 Å². The first-order valence-corrected chi connectivity index (χ1v) is 8.82. The summed E-state index contributed by atoms with van der Waals surface area (Å²) in [5, 5.41) is 12.8. The molecule has 2 aliphatic heterocycles. The first-order valence-electron chi connectivity index (χ1n) is 7.77. The van der Waals surface area contributed by atoms with Crippen LogP contribution in [-0.4, -0.2) is 52.1 Å². The van der Waals surface area contributed by atoms with Gasteiger partial charge >= 0.3 is 5.97 Å². The number of nitrogens with zero attached hydrogens (tertiary/aromatic N) is 1.